The Morgan fingerprint density at radius 1 is 1.38 bits per heavy atom. The smallest absolute Gasteiger partial charge is 0.252 e. The normalized spacial score (nSPS) is 19.0. The molecule has 1 aromatic carbocycles. The average Bonchev–Trinajstić information content (AvgIpc) is 2.98. The third kappa shape index (κ3) is 2.36. The molecule has 3 rings (SSSR count). The van der Waals surface area contributed by atoms with E-state index in [0.29, 0.717) is 21.7 Å². The van der Waals surface area contributed by atoms with Crippen LogP contribution in [0.4, 0.5) is 5.69 Å². The first kappa shape index (κ1) is 14.2. The van der Waals surface area contributed by atoms with E-state index >= 15 is 0 Å². The van der Waals surface area contributed by atoms with Crippen molar-refractivity contribution in [2.24, 2.45) is 0 Å². The molecule has 21 heavy (non-hydrogen) atoms. The van der Waals surface area contributed by atoms with Crippen LogP contribution in [0.2, 0.25) is 5.02 Å². The predicted molar refractivity (Wildman–Crippen MR) is 81.4 cm³/mol. The summed E-state index contributed by atoms with van der Waals surface area (Å²) >= 11 is 7.27. The van der Waals surface area contributed by atoms with Crippen LogP contribution in [-0.4, -0.2) is 37.5 Å². The zero-order valence-corrected chi connectivity index (χ0v) is 13.0. The highest BCUT2D eigenvalue weighted by Crippen LogP contribution is 2.32. The molecule has 2 amide bonds. The van der Waals surface area contributed by atoms with Crippen LogP contribution < -0.4 is 5.32 Å². The number of imide groups is 1. The second kappa shape index (κ2) is 5.23. The van der Waals surface area contributed by atoms with E-state index < -0.39 is 6.04 Å². The van der Waals surface area contributed by atoms with Crippen LogP contribution in [0, 0.1) is 0 Å². The molecular weight excluding hydrogens is 312 g/mol. The van der Waals surface area contributed by atoms with Crippen LogP contribution in [0.25, 0.3) is 11.0 Å². The topological polar surface area (TPSA) is 75.2 Å². The molecule has 6 nitrogen and oxygen atoms in total. The van der Waals surface area contributed by atoms with E-state index in [2.05, 4.69) is 14.1 Å². The van der Waals surface area contributed by atoms with Crippen LogP contribution >= 0.6 is 23.3 Å². The predicted octanol–water partition coefficient (Wildman–Crippen LogP) is 2.29. The molecule has 1 aliphatic rings. The molecule has 1 atom stereocenters. The molecule has 1 unspecified atom stereocenters. The number of rotatable bonds is 3. The van der Waals surface area contributed by atoms with Gasteiger partial charge in [-0.25, -0.2) is 0 Å². The van der Waals surface area contributed by atoms with E-state index in [1.807, 2.05) is 13.8 Å². The lowest BCUT2D eigenvalue weighted by Gasteiger charge is -2.19. The van der Waals surface area contributed by atoms with Crippen LogP contribution in [0.3, 0.4) is 0 Å². The average molecular weight is 325 g/mol. The Balaban J connectivity index is 1.93. The fraction of sp³-hybridized carbons (Fsp3) is 0.385. The van der Waals surface area contributed by atoms with E-state index in [1.54, 1.807) is 12.1 Å². The molecule has 8 heteroatoms. The second-order valence-corrected chi connectivity index (χ2v) is 6.09. The highest BCUT2D eigenvalue weighted by atomic mass is 35.5. The fourth-order valence-corrected chi connectivity index (χ4v) is 3.19. The van der Waals surface area contributed by atoms with Gasteiger partial charge in [-0.15, -0.1) is 0 Å². The Labute approximate surface area is 130 Å². The Kier molecular flexibility index (Phi) is 3.54. The number of aromatic nitrogens is 2. The maximum Gasteiger partial charge on any atom is 0.252 e. The lowest BCUT2D eigenvalue weighted by molar-refractivity contribution is -0.140. The van der Waals surface area contributed by atoms with Gasteiger partial charge in [0.25, 0.3) is 5.91 Å². The maximum atomic E-state index is 12.3. The highest BCUT2D eigenvalue weighted by molar-refractivity contribution is 7.00. The van der Waals surface area contributed by atoms with E-state index in [-0.39, 0.29) is 24.3 Å². The van der Waals surface area contributed by atoms with Gasteiger partial charge in [-0.3, -0.25) is 14.5 Å². The van der Waals surface area contributed by atoms with Crippen LogP contribution in [0.5, 0.6) is 0 Å². The van der Waals surface area contributed by atoms with E-state index in [4.69, 9.17) is 11.6 Å². The molecule has 0 radical (unpaired) electrons. The van der Waals surface area contributed by atoms with Gasteiger partial charge in [-0.1, -0.05) is 11.6 Å². The van der Waals surface area contributed by atoms with Gasteiger partial charge in [-0.05, 0) is 26.0 Å². The molecule has 1 aliphatic heterocycles. The summed E-state index contributed by atoms with van der Waals surface area (Å²) in [5, 5.41) is 3.52. The second-order valence-electron chi connectivity index (χ2n) is 5.15. The van der Waals surface area contributed by atoms with Crippen LogP contribution in [0.1, 0.15) is 20.3 Å². The number of hydrogen-bond donors (Lipinski definition) is 1. The zero-order chi connectivity index (χ0) is 15.1. The number of nitrogens with zero attached hydrogens (tertiary/aromatic N) is 3. The summed E-state index contributed by atoms with van der Waals surface area (Å²) in [7, 11) is 0. The minimum Gasteiger partial charge on any atom is -0.370 e. The molecule has 1 N–H and O–H groups in total. The molecule has 0 aliphatic carbocycles. The number of carbonyl (C=O) groups excluding carboxylic acids is 2. The van der Waals surface area contributed by atoms with Gasteiger partial charge in [0, 0.05) is 6.04 Å². The molecular formula is C13H13ClN4O2S. The van der Waals surface area contributed by atoms with Crippen molar-refractivity contribution in [3.05, 3.63) is 17.2 Å². The molecule has 0 bridgehead atoms. The number of halogens is 1. The van der Waals surface area contributed by atoms with Crippen molar-refractivity contribution >= 4 is 51.9 Å². The molecule has 2 heterocycles. The number of carbonyl (C=O) groups is 2. The molecule has 1 saturated heterocycles. The lowest BCUT2D eigenvalue weighted by atomic mass is 10.2. The Morgan fingerprint density at radius 2 is 2.14 bits per heavy atom. The van der Waals surface area contributed by atoms with Gasteiger partial charge in [0.1, 0.15) is 17.1 Å². The third-order valence-electron chi connectivity index (χ3n) is 3.39. The number of benzene rings is 1. The van der Waals surface area contributed by atoms with Gasteiger partial charge < -0.3 is 5.32 Å². The van der Waals surface area contributed by atoms with Crippen molar-refractivity contribution in [2.75, 3.05) is 5.32 Å². The monoisotopic (exact) mass is 324 g/mol. The van der Waals surface area contributed by atoms with Crippen molar-refractivity contribution in [1.82, 2.24) is 13.6 Å². The van der Waals surface area contributed by atoms with E-state index in [0.717, 1.165) is 11.7 Å². The maximum absolute atomic E-state index is 12.3. The quantitative estimate of drug-likeness (QED) is 0.877. The summed E-state index contributed by atoms with van der Waals surface area (Å²) in [6, 6.07) is 2.72. The summed E-state index contributed by atoms with van der Waals surface area (Å²) in [5.74, 6) is -0.404. The lowest BCUT2D eigenvalue weighted by Crippen LogP contribution is -2.39. The zero-order valence-electron chi connectivity index (χ0n) is 11.5. The molecule has 2 aromatic rings. The van der Waals surface area contributed by atoms with E-state index in [1.165, 1.54) is 4.90 Å². The van der Waals surface area contributed by atoms with E-state index in [9.17, 15) is 9.59 Å². The van der Waals surface area contributed by atoms with Gasteiger partial charge >= 0.3 is 0 Å². The van der Waals surface area contributed by atoms with Crippen molar-refractivity contribution < 1.29 is 9.59 Å². The number of nitrogens with one attached hydrogen (secondary N) is 1. The molecule has 0 spiro atoms. The molecule has 0 saturated carbocycles. The minimum absolute atomic E-state index is 0.126. The van der Waals surface area contributed by atoms with Gasteiger partial charge in [-0.2, -0.15) is 8.75 Å². The van der Waals surface area contributed by atoms with Gasteiger partial charge in [0.15, 0.2) is 0 Å². The van der Waals surface area contributed by atoms with Gasteiger partial charge in [0.2, 0.25) is 5.91 Å². The number of fused-ring (bicyclic) bond motifs is 1. The van der Waals surface area contributed by atoms with Gasteiger partial charge in [0.05, 0.1) is 28.9 Å². The summed E-state index contributed by atoms with van der Waals surface area (Å²) < 4.78 is 8.34. The SMILES string of the molecule is CC(C)N1C(=O)CC(Nc2c(Cl)ccc3nsnc23)C1=O. The fourth-order valence-electron chi connectivity index (χ4n) is 2.44. The highest BCUT2D eigenvalue weighted by Gasteiger charge is 2.40. The van der Waals surface area contributed by atoms with Crippen molar-refractivity contribution in [2.45, 2.75) is 32.4 Å². The summed E-state index contributed by atoms with van der Waals surface area (Å²) in [6.45, 7) is 3.63. The first-order chi connectivity index (χ1) is 9.99. The van der Waals surface area contributed by atoms with Crippen LogP contribution in [-0.2, 0) is 9.59 Å². The van der Waals surface area contributed by atoms with Crippen molar-refractivity contribution in [3.63, 3.8) is 0 Å². The molecule has 110 valence electrons. The number of amides is 2. The summed E-state index contributed by atoms with van der Waals surface area (Å²) in [6.07, 6.45) is 0.126. The standard InChI is InChI=1S/C13H13ClN4O2S/c1-6(2)18-10(19)5-9(13(18)20)15-11-7(14)3-4-8-12(11)17-21-16-8/h3-4,6,9,15H,5H2,1-2H3. The Morgan fingerprint density at radius 3 is 2.81 bits per heavy atom. The largest absolute Gasteiger partial charge is 0.370 e. The van der Waals surface area contributed by atoms with Crippen molar-refractivity contribution in [3.8, 4) is 0 Å². The van der Waals surface area contributed by atoms with Crippen LogP contribution in [0.15, 0.2) is 12.1 Å². The Hall–Kier alpha value is -1.73. The number of hydrogen-bond acceptors (Lipinski definition) is 6. The minimum atomic E-state index is -0.607. The third-order valence-corrected chi connectivity index (χ3v) is 4.25. The summed E-state index contributed by atoms with van der Waals surface area (Å²) in [5.41, 5.74) is 1.89. The Bertz CT molecular complexity index is 730. The number of anilines is 1. The first-order valence-corrected chi connectivity index (χ1v) is 7.63. The molecule has 1 aromatic heterocycles. The van der Waals surface area contributed by atoms with Crippen molar-refractivity contribution in [1.29, 1.82) is 0 Å². The summed E-state index contributed by atoms with van der Waals surface area (Å²) in [4.78, 5) is 25.5. The first-order valence-electron chi connectivity index (χ1n) is 6.52. The number of likely N-dealkylation sites (tertiary alicyclic amines) is 1. The molecule has 1 fully saturated rings.